The average molecular weight is 340 g/mol. The Hall–Kier alpha value is -3.07. The largest absolute Gasteiger partial charge is 0.461 e. The van der Waals surface area contributed by atoms with Crippen molar-refractivity contribution in [1.29, 1.82) is 0 Å². The van der Waals surface area contributed by atoms with Gasteiger partial charge in [-0.1, -0.05) is 0 Å². The van der Waals surface area contributed by atoms with E-state index in [0.29, 0.717) is 22.4 Å². The lowest BCUT2D eigenvalue weighted by Gasteiger charge is -2.01. The Morgan fingerprint density at radius 2 is 2.21 bits per heavy atom. The third kappa shape index (κ3) is 2.35. The second kappa shape index (κ2) is 5.53. The molecule has 0 spiro atoms. The second-order valence-corrected chi connectivity index (χ2v) is 6.13. The summed E-state index contributed by atoms with van der Waals surface area (Å²) in [5.41, 5.74) is 1.65. The SMILES string of the molecule is Cc1nc(-c2ccco2)nc2sc(C(=O)Nc3ncn[nH]3)c(C)c12. The highest BCUT2D eigenvalue weighted by atomic mass is 32.1. The molecule has 1 amide bonds. The number of thiophene rings is 1. The van der Waals surface area contributed by atoms with Crippen LogP contribution < -0.4 is 5.32 Å². The summed E-state index contributed by atoms with van der Waals surface area (Å²) in [6.07, 6.45) is 2.91. The van der Waals surface area contributed by atoms with Gasteiger partial charge in [0.05, 0.1) is 16.8 Å². The predicted octanol–water partition coefficient (Wildman–Crippen LogP) is 2.94. The highest BCUT2D eigenvalue weighted by Crippen LogP contribution is 2.33. The van der Waals surface area contributed by atoms with Crippen molar-refractivity contribution in [2.45, 2.75) is 13.8 Å². The standard InChI is InChI=1S/C15H12N6O2S/c1-7-10-8(2)18-12(9-4-3-5-23-9)19-14(10)24-11(7)13(22)20-15-16-6-17-21-15/h3-6H,1-2H3,(H2,16,17,20,21,22). The summed E-state index contributed by atoms with van der Waals surface area (Å²) in [6.45, 7) is 3.78. The number of amides is 1. The van der Waals surface area contributed by atoms with Crippen LogP contribution in [0, 0.1) is 13.8 Å². The van der Waals surface area contributed by atoms with Crippen LogP contribution in [0.25, 0.3) is 21.8 Å². The van der Waals surface area contributed by atoms with Gasteiger partial charge in [-0.25, -0.2) is 15.1 Å². The molecule has 0 unspecified atom stereocenters. The Labute approximate surface area is 140 Å². The van der Waals surface area contributed by atoms with Gasteiger partial charge in [-0.3, -0.25) is 10.1 Å². The van der Waals surface area contributed by atoms with Gasteiger partial charge < -0.3 is 4.42 Å². The van der Waals surface area contributed by atoms with Crippen LogP contribution in [-0.2, 0) is 0 Å². The van der Waals surface area contributed by atoms with Gasteiger partial charge in [-0.2, -0.15) is 10.1 Å². The van der Waals surface area contributed by atoms with Gasteiger partial charge in [0, 0.05) is 5.39 Å². The summed E-state index contributed by atoms with van der Waals surface area (Å²) in [5.74, 6) is 1.15. The Balaban J connectivity index is 1.79. The van der Waals surface area contributed by atoms with Gasteiger partial charge in [-0.15, -0.1) is 11.3 Å². The van der Waals surface area contributed by atoms with Crippen LogP contribution in [-0.4, -0.2) is 31.1 Å². The van der Waals surface area contributed by atoms with Crippen molar-refractivity contribution in [3.8, 4) is 11.6 Å². The van der Waals surface area contributed by atoms with Crippen LogP contribution in [0.1, 0.15) is 20.9 Å². The number of carbonyl (C=O) groups excluding carboxylic acids is 1. The maximum absolute atomic E-state index is 12.5. The van der Waals surface area contributed by atoms with Crippen LogP contribution in [0.4, 0.5) is 5.95 Å². The van der Waals surface area contributed by atoms with Crippen molar-refractivity contribution in [1.82, 2.24) is 25.1 Å². The number of aryl methyl sites for hydroxylation is 2. The number of aromatic nitrogens is 5. The van der Waals surface area contributed by atoms with Gasteiger partial charge in [0.15, 0.2) is 11.6 Å². The van der Waals surface area contributed by atoms with E-state index >= 15 is 0 Å². The van der Waals surface area contributed by atoms with Crippen LogP contribution >= 0.6 is 11.3 Å². The fourth-order valence-electron chi connectivity index (χ4n) is 2.50. The molecular formula is C15H12N6O2S. The average Bonchev–Trinajstić information content (AvgIpc) is 3.28. The van der Waals surface area contributed by atoms with E-state index in [1.165, 1.54) is 17.7 Å². The Morgan fingerprint density at radius 1 is 1.33 bits per heavy atom. The fourth-order valence-corrected chi connectivity index (χ4v) is 3.63. The first-order chi connectivity index (χ1) is 11.6. The monoisotopic (exact) mass is 340 g/mol. The molecule has 8 nitrogen and oxygen atoms in total. The number of H-pyrrole nitrogens is 1. The molecular weight excluding hydrogens is 328 g/mol. The lowest BCUT2D eigenvalue weighted by Crippen LogP contribution is -2.12. The van der Waals surface area contributed by atoms with E-state index in [9.17, 15) is 4.79 Å². The molecule has 24 heavy (non-hydrogen) atoms. The van der Waals surface area contributed by atoms with Crippen LogP contribution in [0.5, 0.6) is 0 Å². The lowest BCUT2D eigenvalue weighted by molar-refractivity contribution is 0.102. The molecule has 0 fully saturated rings. The number of fused-ring (bicyclic) bond motifs is 1. The molecule has 0 aliphatic rings. The molecule has 0 atom stereocenters. The fraction of sp³-hybridized carbons (Fsp3) is 0.133. The molecule has 0 aromatic carbocycles. The van der Waals surface area contributed by atoms with Crippen LogP contribution in [0.15, 0.2) is 29.1 Å². The molecule has 0 aliphatic heterocycles. The molecule has 0 saturated heterocycles. The van der Waals surface area contributed by atoms with E-state index in [1.54, 1.807) is 18.4 Å². The van der Waals surface area contributed by atoms with Gasteiger partial charge in [0.25, 0.3) is 5.91 Å². The van der Waals surface area contributed by atoms with Gasteiger partial charge in [-0.05, 0) is 31.5 Å². The van der Waals surface area contributed by atoms with Crippen molar-refractivity contribution in [2.24, 2.45) is 0 Å². The van der Waals surface area contributed by atoms with Crippen LogP contribution in [0.3, 0.4) is 0 Å². The number of carbonyl (C=O) groups is 1. The zero-order chi connectivity index (χ0) is 16.7. The Kier molecular flexibility index (Phi) is 3.35. The molecule has 0 bridgehead atoms. The number of rotatable bonds is 3. The number of anilines is 1. The summed E-state index contributed by atoms with van der Waals surface area (Å²) >= 11 is 1.31. The quantitative estimate of drug-likeness (QED) is 0.593. The van der Waals surface area contributed by atoms with Crippen molar-refractivity contribution in [3.05, 3.63) is 40.9 Å². The van der Waals surface area contributed by atoms with Crippen molar-refractivity contribution < 1.29 is 9.21 Å². The minimum atomic E-state index is -0.258. The molecule has 0 saturated carbocycles. The molecule has 9 heteroatoms. The zero-order valence-electron chi connectivity index (χ0n) is 12.8. The third-order valence-corrected chi connectivity index (χ3v) is 4.75. The molecule has 120 valence electrons. The molecule has 4 rings (SSSR count). The minimum absolute atomic E-state index is 0.258. The van der Waals surface area contributed by atoms with Gasteiger partial charge >= 0.3 is 0 Å². The minimum Gasteiger partial charge on any atom is -0.461 e. The van der Waals surface area contributed by atoms with Gasteiger partial charge in [0.1, 0.15) is 11.2 Å². The first-order valence-corrected chi connectivity index (χ1v) is 7.93. The second-order valence-electron chi connectivity index (χ2n) is 5.13. The maximum atomic E-state index is 12.5. The third-order valence-electron chi connectivity index (χ3n) is 3.57. The Morgan fingerprint density at radius 3 is 2.92 bits per heavy atom. The van der Waals surface area contributed by atoms with Crippen molar-refractivity contribution in [2.75, 3.05) is 5.32 Å². The predicted molar refractivity (Wildman–Crippen MR) is 88.9 cm³/mol. The first kappa shape index (κ1) is 14.5. The molecule has 2 N–H and O–H groups in total. The van der Waals surface area contributed by atoms with E-state index in [2.05, 4.69) is 30.5 Å². The summed E-state index contributed by atoms with van der Waals surface area (Å²) in [4.78, 5) is 26.7. The molecule has 0 aliphatic carbocycles. The molecule has 4 heterocycles. The number of nitrogens with one attached hydrogen (secondary N) is 2. The lowest BCUT2D eigenvalue weighted by atomic mass is 10.1. The topological polar surface area (TPSA) is 110 Å². The number of hydrogen-bond acceptors (Lipinski definition) is 7. The van der Waals surface area contributed by atoms with E-state index in [1.807, 2.05) is 13.8 Å². The summed E-state index contributed by atoms with van der Waals surface area (Å²) in [7, 11) is 0. The molecule has 4 aromatic heterocycles. The molecule has 0 radical (unpaired) electrons. The Bertz CT molecular complexity index is 1020. The summed E-state index contributed by atoms with van der Waals surface area (Å²) in [6, 6.07) is 3.59. The molecule has 4 aromatic rings. The van der Waals surface area contributed by atoms with E-state index in [4.69, 9.17) is 4.42 Å². The summed E-state index contributed by atoms with van der Waals surface area (Å²) < 4.78 is 5.36. The normalized spacial score (nSPS) is 11.1. The number of aromatic amines is 1. The van der Waals surface area contributed by atoms with Crippen molar-refractivity contribution >= 4 is 33.4 Å². The van der Waals surface area contributed by atoms with E-state index in [0.717, 1.165) is 21.5 Å². The summed E-state index contributed by atoms with van der Waals surface area (Å²) in [5, 5.41) is 9.87. The number of furan rings is 1. The van der Waals surface area contributed by atoms with E-state index in [-0.39, 0.29) is 5.91 Å². The zero-order valence-corrected chi connectivity index (χ0v) is 13.6. The first-order valence-electron chi connectivity index (χ1n) is 7.12. The highest BCUT2D eigenvalue weighted by Gasteiger charge is 2.20. The number of nitrogens with zero attached hydrogens (tertiary/aromatic N) is 4. The van der Waals surface area contributed by atoms with Crippen molar-refractivity contribution in [3.63, 3.8) is 0 Å². The smallest absolute Gasteiger partial charge is 0.268 e. The van der Waals surface area contributed by atoms with Gasteiger partial charge in [0.2, 0.25) is 5.95 Å². The van der Waals surface area contributed by atoms with E-state index < -0.39 is 0 Å². The number of hydrogen-bond donors (Lipinski definition) is 2. The van der Waals surface area contributed by atoms with Crippen LogP contribution in [0.2, 0.25) is 0 Å². The highest BCUT2D eigenvalue weighted by molar-refractivity contribution is 7.20. The maximum Gasteiger partial charge on any atom is 0.268 e.